The summed E-state index contributed by atoms with van der Waals surface area (Å²) in [5.74, 6) is -0.278. The number of nitrogens with zero attached hydrogens (tertiary/aromatic N) is 3. The first-order valence-corrected chi connectivity index (χ1v) is 12.2. The van der Waals surface area contributed by atoms with Gasteiger partial charge in [-0.1, -0.05) is 47.7 Å². The number of hydrogen-bond donors (Lipinski definition) is 0. The quantitative estimate of drug-likeness (QED) is 0.506. The van der Waals surface area contributed by atoms with Crippen LogP contribution in [-0.4, -0.2) is 38.0 Å². The third-order valence-corrected chi connectivity index (χ3v) is 8.45. The van der Waals surface area contributed by atoms with Crippen molar-refractivity contribution in [2.75, 3.05) is 18.5 Å². The van der Waals surface area contributed by atoms with Crippen LogP contribution in [-0.2, 0) is 14.8 Å². The Balaban J connectivity index is 1.75. The zero-order chi connectivity index (χ0) is 21.5. The van der Waals surface area contributed by atoms with E-state index in [1.807, 2.05) is 43.1 Å². The maximum Gasteiger partial charge on any atom is 0.284 e. The predicted molar refractivity (Wildman–Crippen MR) is 123 cm³/mol. The fourth-order valence-electron chi connectivity index (χ4n) is 3.06. The van der Waals surface area contributed by atoms with Crippen LogP contribution in [0.4, 0.5) is 5.69 Å². The summed E-state index contributed by atoms with van der Waals surface area (Å²) < 4.78 is 29.7. The van der Waals surface area contributed by atoms with Crippen LogP contribution >= 0.6 is 23.5 Å². The van der Waals surface area contributed by atoms with Gasteiger partial charge in [-0.05, 0) is 43.0 Å². The Morgan fingerprint density at radius 1 is 1.10 bits per heavy atom. The number of sulfonamides is 1. The summed E-state index contributed by atoms with van der Waals surface area (Å²) in [6.45, 7) is 5.74. The molecule has 4 rings (SSSR count). The minimum Gasteiger partial charge on any atom is -0.337 e. The standard InChI is InChI=1S/C21H19N3O3S3/c1-4-13-24-19(25)18(20-23(3)16-7-5-6-8-17(16)28-20)29-21(24)22-30(26,27)15-11-9-14(2)10-12-15/h4-12H,1,13H2,2-3H3/b20-18-,22-21?. The Labute approximate surface area is 184 Å². The van der Waals surface area contributed by atoms with Crippen molar-refractivity contribution in [3.05, 3.63) is 76.7 Å². The molecule has 2 heterocycles. The van der Waals surface area contributed by atoms with Gasteiger partial charge in [0, 0.05) is 18.5 Å². The van der Waals surface area contributed by atoms with Crippen molar-refractivity contribution in [1.29, 1.82) is 0 Å². The molecule has 0 aromatic heterocycles. The van der Waals surface area contributed by atoms with Gasteiger partial charge in [0.2, 0.25) is 0 Å². The lowest BCUT2D eigenvalue weighted by atomic mass is 10.2. The second kappa shape index (κ2) is 7.98. The van der Waals surface area contributed by atoms with Crippen LogP contribution in [0, 0.1) is 6.92 Å². The van der Waals surface area contributed by atoms with Gasteiger partial charge >= 0.3 is 0 Å². The molecule has 1 amide bonds. The van der Waals surface area contributed by atoms with Crippen molar-refractivity contribution in [3.63, 3.8) is 0 Å². The first-order valence-electron chi connectivity index (χ1n) is 9.09. The average molecular weight is 458 g/mol. The highest BCUT2D eigenvalue weighted by Crippen LogP contribution is 2.49. The highest BCUT2D eigenvalue weighted by atomic mass is 32.2. The highest BCUT2D eigenvalue weighted by Gasteiger charge is 2.39. The van der Waals surface area contributed by atoms with Crippen molar-refractivity contribution in [2.45, 2.75) is 16.7 Å². The fourth-order valence-corrected chi connectivity index (χ4v) is 6.59. The third-order valence-electron chi connectivity index (χ3n) is 4.62. The van der Waals surface area contributed by atoms with E-state index in [2.05, 4.69) is 11.0 Å². The summed E-state index contributed by atoms with van der Waals surface area (Å²) in [6.07, 6.45) is 1.56. The molecular weight excluding hydrogens is 438 g/mol. The van der Waals surface area contributed by atoms with Gasteiger partial charge in [0.05, 0.1) is 15.6 Å². The van der Waals surface area contributed by atoms with E-state index >= 15 is 0 Å². The van der Waals surface area contributed by atoms with Gasteiger partial charge in [-0.25, -0.2) is 0 Å². The number of anilines is 1. The van der Waals surface area contributed by atoms with Gasteiger partial charge in [0.15, 0.2) is 5.17 Å². The number of amides is 1. The van der Waals surface area contributed by atoms with Gasteiger partial charge in [0.25, 0.3) is 15.9 Å². The number of carbonyl (C=O) groups excluding carboxylic acids is 1. The molecule has 0 radical (unpaired) electrons. The van der Waals surface area contributed by atoms with Crippen molar-refractivity contribution in [2.24, 2.45) is 4.40 Å². The van der Waals surface area contributed by atoms with Gasteiger partial charge < -0.3 is 4.90 Å². The van der Waals surface area contributed by atoms with Gasteiger partial charge in [0.1, 0.15) is 4.91 Å². The molecule has 1 saturated heterocycles. The summed E-state index contributed by atoms with van der Waals surface area (Å²) >= 11 is 2.57. The monoisotopic (exact) mass is 457 g/mol. The molecule has 0 spiro atoms. The van der Waals surface area contributed by atoms with E-state index in [-0.39, 0.29) is 22.5 Å². The molecule has 2 aromatic carbocycles. The molecule has 154 valence electrons. The number of aryl methyl sites for hydroxylation is 1. The van der Waals surface area contributed by atoms with E-state index in [1.165, 1.54) is 28.8 Å². The molecule has 0 aliphatic carbocycles. The second-order valence-corrected chi connectivity index (χ2v) is 10.3. The Morgan fingerprint density at radius 2 is 1.80 bits per heavy atom. The maximum absolute atomic E-state index is 13.1. The molecule has 6 nitrogen and oxygen atoms in total. The molecule has 0 saturated carbocycles. The van der Waals surface area contributed by atoms with Crippen molar-refractivity contribution >= 4 is 50.3 Å². The van der Waals surface area contributed by atoms with Crippen molar-refractivity contribution in [3.8, 4) is 0 Å². The summed E-state index contributed by atoms with van der Waals surface area (Å²) in [5, 5.41) is 0.895. The van der Waals surface area contributed by atoms with Crippen LogP contribution in [0.25, 0.3) is 0 Å². The zero-order valence-electron chi connectivity index (χ0n) is 16.4. The van der Waals surface area contributed by atoms with E-state index in [1.54, 1.807) is 18.2 Å². The molecule has 2 aliphatic heterocycles. The zero-order valence-corrected chi connectivity index (χ0v) is 18.9. The van der Waals surface area contributed by atoms with Crippen LogP contribution in [0.15, 0.2) is 85.3 Å². The predicted octanol–water partition coefficient (Wildman–Crippen LogP) is 4.21. The maximum atomic E-state index is 13.1. The van der Waals surface area contributed by atoms with E-state index in [4.69, 9.17) is 0 Å². The molecule has 1 fully saturated rings. The van der Waals surface area contributed by atoms with Crippen LogP contribution in [0.3, 0.4) is 0 Å². The number of fused-ring (bicyclic) bond motifs is 1. The van der Waals surface area contributed by atoms with E-state index < -0.39 is 10.0 Å². The second-order valence-electron chi connectivity index (χ2n) is 6.73. The lowest BCUT2D eigenvalue weighted by molar-refractivity contribution is -0.121. The smallest absolute Gasteiger partial charge is 0.284 e. The third kappa shape index (κ3) is 3.68. The number of thioether (sulfide) groups is 2. The topological polar surface area (TPSA) is 70.1 Å². The van der Waals surface area contributed by atoms with Crippen LogP contribution in [0.2, 0.25) is 0 Å². The number of rotatable bonds is 4. The van der Waals surface area contributed by atoms with Gasteiger partial charge in [-0.2, -0.15) is 8.42 Å². The summed E-state index contributed by atoms with van der Waals surface area (Å²) in [5.41, 5.74) is 1.96. The van der Waals surface area contributed by atoms with E-state index in [0.717, 1.165) is 32.9 Å². The number of amidine groups is 1. The number of para-hydroxylation sites is 1. The molecule has 9 heteroatoms. The van der Waals surface area contributed by atoms with Crippen LogP contribution in [0.1, 0.15) is 5.56 Å². The number of hydrogen-bond acceptors (Lipinski definition) is 6. The Morgan fingerprint density at radius 3 is 2.47 bits per heavy atom. The average Bonchev–Trinajstić information content (AvgIpc) is 3.20. The molecule has 2 aliphatic rings. The molecule has 0 bridgehead atoms. The lowest BCUT2D eigenvalue weighted by Crippen LogP contribution is -2.30. The fraction of sp³-hybridized carbons (Fsp3) is 0.143. The Bertz CT molecular complexity index is 1200. The molecule has 0 atom stereocenters. The first-order chi connectivity index (χ1) is 14.3. The van der Waals surface area contributed by atoms with E-state index in [9.17, 15) is 13.2 Å². The van der Waals surface area contributed by atoms with Crippen LogP contribution < -0.4 is 4.90 Å². The largest absolute Gasteiger partial charge is 0.337 e. The highest BCUT2D eigenvalue weighted by molar-refractivity contribution is 8.19. The molecule has 0 unspecified atom stereocenters. The Kier molecular flexibility index (Phi) is 5.52. The number of benzene rings is 2. The lowest BCUT2D eigenvalue weighted by Gasteiger charge is -2.15. The SMILES string of the molecule is C=CCN1C(=O)/C(=C2/Sc3ccccc3N2C)SC1=NS(=O)(=O)c1ccc(C)cc1. The van der Waals surface area contributed by atoms with Crippen molar-refractivity contribution < 1.29 is 13.2 Å². The van der Waals surface area contributed by atoms with E-state index in [0.29, 0.717) is 4.91 Å². The minimum atomic E-state index is -3.95. The molecule has 0 N–H and O–H groups in total. The summed E-state index contributed by atoms with van der Waals surface area (Å²) in [4.78, 5) is 18.0. The Hall–Kier alpha value is -2.49. The minimum absolute atomic E-state index is 0.0908. The summed E-state index contributed by atoms with van der Waals surface area (Å²) in [7, 11) is -2.06. The molecule has 30 heavy (non-hydrogen) atoms. The molecule has 2 aromatic rings. The normalized spacial score (nSPS) is 20.2. The number of carbonyl (C=O) groups is 1. The molecular formula is C21H19N3O3S3. The van der Waals surface area contributed by atoms with Crippen molar-refractivity contribution in [1.82, 2.24) is 4.90 Å². The van der Waals surface area contributed by atoms with Gasteiger partial charge in [-0.3, -0.25) is 9.69 Å². The van der Waals surface area contributed by atoms with Gasteiger partial charge in [-0.15, -0.1) is 11.0 Å². The first kappa shape index (κ1) is 20.8. The van der Waals surface area contributed by atoms with Crippen LogP contribution in [0.5, 0.6) is 0 Å². The summed E-state index contributed by atoms with van der Waals surface area (Å²) in [6, 6.07) is 14.3.